The van der Waals surface area contributed by atoms with E-state index in [0.29, 0.717) is 11.1 Å². The van der Waals surface area contributed by atoms with E-state index in [9.17, 15) is 9.59 Å². The van der Waals surface area contributed by atoms with E-state index in [1.54, 1.807) is 12.1 Å². The fraction of sp³-hybridized carbons (Fsp3) is 0.111. The van der Waals surface area contributed by atoms with Gasteiger partial charge in [-0.05, 0) is 18.6 Å². The smallest absolute Gasteiger partial charge is 1.00 e. The van der Waals surface area contributed by atoms with Crippen LogP contribution in [0.5, 0.6) is 0 Å². The van der Waals surface area contributed by atoms with Crippen LogP contribution >= 0.6 is 0 Å². The molecular weight excluding hydrogens is 177 g/mol. The minimum Gasteiger partial charge on any atom is -1.00 e. The third kappa shape index (κ3) is 1.55. The molecular formula is C9H8NNaO2. The summed E-state index contributed by atoms with van der Waals surface area (Å²) in [5.41, 5.74) is 1.85. The Morgan fingerprint density at radius 1 is 1.23 bits per heavy atom. The summed E-state index contributed by atoms with van der Waals surface area (Å²) in [6.07, 6.45) is 0. The third-order valence-electron chi connectivity index (χ3n) is 1.97. The third-order valence-corrected chi connectivity index (χ3v) is 1.97. The van der Waals surface area contributed by atoms with E-state index in [-0.39, 0.29) is 42.8 Å². The molecule has 0 saturated carbocycles. The molecule has 0 bridgehead atoms. The molecule has 0 aliphatic carbocycles. The molecule has 2 amide bonds. The summed E-state index contributed by atoms with van der Waals surface area (Å²) in [7, 11) is 0. The van der Waals surface area contributed by atoms with Crippen molar-refractivity contribution in [3.8, 4) is 0 Å². The molecule has 0 atom stereocenters. The summed E-state index contributed by atoms with van der Waals surface area (Å²) < 4.78 is 0. The zero-order chi connectivity index (χ0) is 8.72. The topological polar surface area (TPSA) is 46.2 Å². The van der Waals surface area contributed by atoms with Crippen molar-refractivity contribution in [2.24, 2.45) is 0 Å². The van der Waals surface area contributed by atoms with Crippen molar-refractivity contribution < 1.29 is 40.6 Å². The molecule has 13 heavy (non-hydrogen) atoms. The second kappa shape index (κ2) is 3.62. The Balaban J connectivity index is 0.000000845. The van der Waals surface area contributed by atoms with Gasteiger partial charge < -0.3 is 1.43 Å². The average molecular weight is 185 g/mol. The van der Waals surface area contributed by atoms with Crippen LogP contribution in [0, 0.1) is 6.92 Å². The molecule has 0 unspecified atom stereocenters. The maximum atomic E-state index is 11.2. The van der Waals surface area contributed by atoms with E-state index in [0.717, 1.165) is 5.56 Å². The number of carbonyl (C=O) groups excluding carboxylic acids is 2. The van der Waals surface area contributed by atoms with Gasteiger partial charge in [-0.15, -0.1) is 0 Å². The Hall–Kier alpha value is -0.640. The predicted octanol–water partition coefficient (Wildman–Crippen LogP) is -2.00. The van der Waals surface area contributed by atoms with Gasteiger partial charge in [0.15, 0.2) is 0 Å². The monoisotopic (exact) mass is 185 g/mol. The van der Waals surface area contributed by atoms with E-state index >= 15 is 0 Å². The number of amides is 2. The number of rotatable bonds is 0. The van der Waals surface area contributed by atoms with Crippen molar-refractivity contribution in [2.75, 3.05) is 0 Å². The Labute approximate surface area is 99.3 Å². The maximum absolute atomic E-state index is 11.2. The zero-order valence-electron chi connectivity index (χ0n) is 8.55. The summed E-state index contributed by atoms with van der Waals surface area (Å²) >= 11 is 0. The van der Waals surface area contributed by atoms with E-state index in [1.165, 1.54) is 0 Å². The van der Waals surface area contributed by atoms with Gasteiger partial charge in [0.25, 0.3) is 11.8 Å². The molecule has 0 saturated heterocycles. The number of fused-ring (bicyclic) bond motifs is 1. The van der Waals surface area contributed by atoms with E-state index in [4.69, 9.17) is 0 Å². The quantitative estimate of drug-likeness (QED) is 0.375. The van der Waals surface area contributed by atoms with Gasteiger partial charge in [0.2, 0.25) is 0 Å². The first-order valence-electron chi connectivity index (χ1n) is 3.65. The summed E-state index contributed by atoms with van der Waals surface area (Å²) in [6.45, 7) is 1.82. The van der Waals surface area contributed by atoms with Gasteiger partial charge in [-0.2, -0.15) is 0 Å². The fourth-order valence-electron chi connectivity index (χ4n) is 1.39. The Bertz CT molecular complexity index is 392. The van der Waals surface area contributed by atoms with Crippen LogP contribution < -0.4 is 34.9 Å². The Morgan fingerprint density at radius 2 is 1.92 bits per heavy atom. The van der Waals surface area contributed by atoms with Gasteiger partial charge in [0.05, 0.1) is 11.1 Å². The Kier molecular flexibility index (Phi) is 2.91. The number of carbonyl (C=O) groups is 2. The van der Waals surface area contributed by atoms with Gasteiger partial charge in [0, 0.05) is 0 Å². The first-order chi connectivity index (χ1) is 5.70. The van der Waals surface area contributed by atoms with Crippen molar-refractivity contribution in [3.63, 3.8) is 0 Å². The molecule has 0 fully saturated rings. The molecule has 62 valence electrons. The van der Waals surface area contributed by atoms with Crippen LogP contribution in [-0.4, -0.2) is 11.8 Å². The first-order valence-corrected chi connectivity index (χ1v) is 3.65. The number of hydrogen-bond donors (Lipinski definition) is 1. The van der Waals surface area contributed by atoms with Crippen LogP contribution in [0.25, 0.3) is 0 Å². The number of benzene rings is 1. The van der Waals surface area contributed by atoms with Crippen molar-refractivity contribution in [3.05, 3.63) is 34.9 Å². The minimum absolute atomic E-state index is 0. The van der Waals surface area contributed by atoms with Crippen molar-refractivity contribution in [1.29, 1.82) is 0 Å². The predicted molar refractivity (Wildman–Crippen MR) is 44.1 cm³/mol. The normalized spacial score (nSPS) is 13.3. The van der Waals surface area contributed by atoms with E-state index in [1.807, 2.05) is 13.0 Å². The van der Waals surface area contributed by atoms with Gasteiger partial charge in [-0.25, -0.2) is 0 Å². The van der Waals surface area contributed by atoms with Gasteiger partial charge in [0.1, 0.15) is 0 Å². The van der Waals surface area contributed by atoms with Gasteiger partial charge in [-0.3, -0.25) is 14.9 Å². The molecule has 1 heterocycles. The van der Waals surface area contributed by atoms with Crippen LogP contribution in [0.4, 0.5) is 0 Å². The second-order valence-corrected chi connectivity index (χ2v) is 2.78. The molecule has 1 N–H and O–H groups in total. The average Bonchev–Trinajstić information content (AvgIpc) is 2.29. The standard InChI is InChI=1S/C9H7NO2.Na.H/c1-5-3-2-4-6-7(5)9(12)10-8(6)11;;/h2-4H,1H3,(H,10,11,12);;/q;+1;-1. The summed E-state index contributed by atoms with van der Waals surface area (Å²) in [5.74, 6) is -0.577. The SMILES string of the molecule is Cc1cccc2c1C(=O)NC2=O.[H-].[Na+]. The molecule has 1 aliphatic rings. The van der Waals surface area contributed by atoms with Crippen LogP contribution in [0.3, 0.4) is 0 Å². The molecule has 0 radical (unpaired) electrons. The minimum atomic E-state index is -0.293. The van der Waals surface area contributed by atoms with Crippen LogP contribution in [0.2, 0.25) is 0 Å². The van der Waals surface area contributed by atoms with Gasteiger partial charge >= 0.3 is 29.6 Å². The molecule has 1 aromatic carbocycles. The van der Waals surface area contributed by atoms with Crippen molar-refractivity contribution in [2.45, 2.75) is 6.92 Å². The van der Waals surface area contributed by atoms with E-state index in [2.05, 4.69) is 5.32 Å². The number of imide groups is 1. The zero-order valence-corrected chi connectivity index (χ0v) is 9.55. The van der Waals surface area contributed by atoms with Gasteiger partial charge in [-0.1, -0.05) is 12.1 Å². The molecule has 1 aromatic rings. The molecule has 4 heteroatoms. The van der Waals surface area contributed by atoms with Crippen LogP contribution in [-0.2, 0) is 0 Å². The molecule has 0 spiro atoms. The molecule has 0 aromatic heterocycles. The van der Waals surface area contributed by atoms with Crippen molar-refractivity contribution >= 4 is 11.8 Å². The number of nitrogens with one attached hydrogen (secondary N) is 1. The largest absolute Gasteiger partial charge is 1.00 e. The number of aryl methyl sites for hydroxylation is 1. The number of hydrogen-bond acceptors (Lipinski definition) is 2. The van der Waals surface area contributed by atoms with Crippen molar-refractivity contribution in [1.82, 2.24) is 5.32 Å². The first kappa shape index (κ1) is 10.4. The molecule has 2 rings (SSSR count). The summed E-state index contributed by atoms with van der Waals surface area (Å²) in [4.78, 5) is 22.3. The van der Waals surface area contributed by atoms with Crippen LogP contribution in [0.15, 0.2) is 18.2 Å². The van der Waals surface area contributed by atoms with E-state index < -0.39 is 0 Å². The fourth-order valence-corrected chi connectivity index (χ4v) is 1.39. The summed E-state index contributed by atoms with van der Waals surface area (Å²) in [5, 5.41) is 2.25. The Morgan fingerprint density at radius 3 is 2.54 bits per heavy atom. The molecule has 1 aliphatic heterocycles. The maximum Gasteiger partial charge on any atom is 1.00 e. The molecule has 3 nitrogen and oxygen atoms in total. The van der Waals surface area contributed by atoms with Crippen LogP contribution in [0.1, 0.15) is 27.7 Å². The second-order valence-electron chi connectivity index (χ2n) is 2.78. The summed E-state index contributed by atoms with van der Waals surface area (Å²) in [6, 6.07) is 5.24.